The SMILES string of the molecule is O=C(NCc1ccn[nH]1)c1cccc2cc[nH]c12. The Kier molecular flexibility index (Phi) is 2.57. The average molecular weight is 240 g/mol. The molecule has 0 aliphatic carbocycles. The lowest BCUT2D eigenvalue weighted by atomic mass is 10.1. The van der Waals surface area contributed by atoms with Crippen LogP contribution in [0.15, 0.2) is 42.7 Å². The molecule has 3 rings (SSSR count). The van der Waals surface area contributed by atoms with Gasteiger partial charge in [0, 0.05) is 17.8 Å². The van der Waals surface area contributed by atoms with Gasteiger partial charge >= 0.3 is 0 Å². The minimum absolute atomic E-state index is 0.0994. The summed E-state index contributed by atoms with van der Waals surface area (Å²) in [6.45, 7) is 0.440. The largest absolute Gasteiger partial charge is 0.361 e. The number of fused-ring (bicyclic) bond motifs is 1. The van der Waals surface area contributed by atoms with E-state index in [1.54, 1.807) is 12.3 Å². The molecule has 0 aliphatic heterocycles. The number of hydrogen-bond donors (Lipinski definition) is 3. The van der Waals surface area contributed by atoms with Gasteiger partial charge in [0.05, 0.1) is 23.3 Å². The highest BCUT2D eigenvalue weighted by Gasteiger charge is 2.10. The van der Waals surface area contributed by atoms with Gasteiger partial charge in [0.2, 0.25) is 0 Å². The molecule has 3 N–H and O–H groups in total. The van der Waals surface area contributed by atoms with Gasteiger partial charge in [-0.15, -0.1) is 0 Å². The summed E-state index contributed by atoms with van der Waals surface area (Å²) in [6, 6.07) is 9.43. The summed E-state index contributed by atoms with van der Waals surface area (Å²) in [4.78, 5) is 15.2. The zero-order valence-corrected chi connectivity index (χ0v) is 9.60. The van der Waals surface area contributed by atoms with Crippen molar-refractivity contribution in [1.82, 2.24) is 20.5 Å². The Morgan fingerprint density at radius 3 is 3.06 bits per heavy atom. The van der Waals surface area contributed by atoms with E-state index in [1.807, 2.05) is 30.5 Å². The van der Waals surface area contributed by atoms with Crippen LogP contribution in [0.4, 0.5) is 0 Å². The molecular weight excluding hydrogens is 228 g/mol. The monoisotopic (exact) mass is 240 g/mol. The van der Waals surface area contributed by atoms with Gasteiger partial charge in [0.25, 0.3) is 5.91 Å². The van der Waals surface area contributed by atoms with E-state index in [2.05, 4.69) is 20.5 Å². The summed E-state index contributed by atoms with van der Waals surface area (Å²) in [5.74, 6) is -0.0994. The maximum atomic E-state index is 12.1. The fourth-order valence-electron chi connectivity index (χ4n) is 1.93. The smallest absolute Gasteiger partial charge is 0.253 e. The standard InChI is InChI=1S/C13H12N4O/c18-13(15-8-10-5-7-16-17-10)11-3-1-2-9-4-6-14-12(9)11/h1-7,14H,8H2,(H,15,18)(H,16,17). The number of amides is 1. The van der Waals surface area contributed by atoms with Crippen LogP contribution >= 0.6 is 0 Å². The van der Waals surface area contributed by atoms with Crippen LogP contribution in [0.1, 0.15) is 16.1 Å². The Bertz CT molecular complexity index is 669. The lowest BCUT2D eigenvalue weighted by Gasteiger charge is -2.04. The molecule has 2 heterocycles. The quantitative estimate of drug-likeness (QED) is 0.653. The molecule has 0 aliphatic rings. The van der Waals surface area contributed by atoms with Crippen LogP contribution in [0, 0.1) is 0 Å². The van der Waals surface area contributed by atoms with Crippen LogP contribution in [0.25, 0.3) is 10.9 Å². The third-order valence-corrected chi connectivity index (χ3v) is 2.83. The fraction of sp³-hybridized carbons (Fsp3) is 0.0769. The Hall–Kier alpha value is -2.56. The van der Waals surface area contributed by atoms with E-state index in [0.717, 1.165) is 16.6 Å². The van der Waals surface area contributed by atoms with Crippen LogP contribution in [-0.4, -0.2) is 21.1 Å². The van der Waals surface area contributed by atoms with Gasteiger partial charge in [-0.05, 0) is 18.2 Å². The van der Waals surface area contributed by atoms with Crippen LogP contribution in [-0.2, 0) is 6.54 Å². The second kappa shape index (κ2) is 4.37. The molecular formula is C13H12N4O. The number of nitrogens with zero attached hydrogens (tertiary/aromatic N) is 1. The van der Waals surface area contributed by atoms with Gasteiger partial charge in [-0.3, -0.25) is 9.89 Å². The molecule has 18 heavy (non-hydrogen) atoms. The zero-order chi connectivity index (χ0) is 12.4. The molecule has 0 atom stereocenters. The molecule has 90 valence electrons. The van der Waals surface area contributed by atoms with Crippen molar-refractivity contribution in [3.8, 4) is 0 Å². The number of aromatic nitrogens is 3. The minimum Gasteiger partial charge on any atom is -0.361 e. The third-order valence-electron chi connectivity index (χ3n) is 2.83. The van der Waals surface area contributed by atoms with Crippen LogP contribution < -0.4 is 5.32 Å². The van der Waals surface area contributed by atoms with Crippen molar-refractivity contribution in [1.29, 1.82) is 0 Å². The Balaban J connectivity index is 1.81. The topological polar surface area (TPSA) is 73.6 Å². The first-order valence-corrected chi connectivity index (χ1v) is 5.67. The van der Waals surface area contributed by atoms with E-state index in [4.69, 9.17) is 0 Å². The van der Waals surface area contributed by atoms with Crippen LogP contribution in [0.3, 0.4) is 0 Å². The first kappa shape index (κ1) is 10.6. The molecule has 0 unspecified atom stereocenters. The average Bonchev–Trinajstić information content (AvgIpc) is 3.05. The number of nitrogens with one attached hydrogen (secondary N) is 3. The molecule has 0 fully saturated rings. The highest BCUT2D eigenvalue weighted by molar-refractivity contribution is 6.05. The summed E-state index contributed by atoms with van der Waals surface area (Å²) in [6.07, 6.45) is 3.49. The number of carbonyl (C=O) groups excluding carboxylic acids is 1. The normalized spacial score (nSPS) is 10.7. The first-order valence-electron chi connectivity index (χ1n) is 5.67. The molecule has 0 spiro atoms. The zero-order valence-electron chi connectivity index (χ0n) is 9.60. The van der Waals surface area contributed by atoms with Crippen LogP contribution in [0.2, 0.25) is 0 Å². The van der Waals surface area contributed by atoms with Crippen molar-refractivity contribution >= 4 is 16.8 Å². The van der Waals surface area contributed by atoms with Crippen molar-refractivity contribution in [3.63, 3.8) is 0 Å². The van der Waals surface area contributed by atoms with Crippen LogP contribution in [0.5, 0.6) is 0 Å². The highest BCUT2D eigenvalue weighted by atomic mass is 16.1. The van der Waals surface area contributed by atoms with E-state index < -0.39 is 0 Å². The number of para-hydroxylation sites is 1. The van der Waals surface area contributed by atoms with Crippen molar-refractivity contribution < 1.29 is 4.79 Å². The number of benzene rings is 1. The van der Waals surface area contributed by atoms with Gasteiger partial charge in [-0.25, -0.2) is 0 Å². The Labute approximate surface area is 103 Å². The van der Waals surface area contributed by atoms with E-state index in [-0.39, 0.29) is 5.91 Å². The summed E-state index contributed by atoms with van der Waals surface area (Å²) in [5, 5.41) is 10.5. The lowest BCUT2D eigenvalue weighted by Crippen LogP contribution is -2.23. The van der Waals surface area contributed by atoms with Crippen molar-refractivity contribution in [2.75, 3.05) is 0 Å². The molecule has 1 amide bonds. The van der Waals surface area contributed by atoms with E-state index in [1.165, 1.54) is 0 Å². The van der Waals surface area contributed by atoms with E-state index in [0.29, 0.717) is 12.1 Å². The number of rotatable bonds is 3. The molecule has 2 aromatic heterocycles. The maximum Gasteiger partial charge on any atom is 0.253 e. The summed E-state index contributed by atoms with van der Waals surface area (Å²) in [5.41, 5.74) is 2.39. The number of hydrogen-bond acceptors (Lipinski definition) is 2. The maximum absolute atomic E-state index is 12.1. The molecule has 0 saturated carbocycles. The van der Waals surface area contributed by atoms with Crippen molar-refractivity contribution in [2.24, 2.45) is 0 Å². The van der Waals surface area contributed by atoms with Gasteiger partial charge in [-0.1, -0.05) is 12.1 Å². The summed E-state index contributed by atoms with van der Waals surface area (Å²) >= 11 is 0. The summed E-state index contributed by atoms with van der Waals surface area (Å²) in [7, 11) is 0. The number of carbonyl (C=O) groups is 1. The second-order valence-electron chi connectivity index (χ2n) is 4.01. The molecule has 0 radical (unpaired) electrons. The minimum atomic E-state index is -0.0994. The van der Waals surface area contributed by atoms with E-state index in [9.17, 15) is 4.79 Å². The molecule has 3 aromatic rings. The van der Waals surface area contributed by atoms with Gasteiger partial charge < -0.3 is 10.3 Å². The van der Waals surface area contributed by atoms with Gasteiger partial charge in [-0.2, -0.15) is 5.10 Å². The Morgan fingerprint density at radius 1 is 1.28 bits per heavy atom. The summed E-state index contributed by atoms with van der Waals surface area (Å²) < 4.78 is 0. The first-order chi connectivity index (χ1) is 8.84. The van der Waals surface area contributed by atoms with Gasteiger partial charge in [0.15, 0.2) is 0 Å². The second-order valence-corrected chi connectivity index (χ2v) is 4.01. The number of aromatic amines is 2. The molecule has 0 saturated heterocycles. The van der Waals surface area contributed by atoms with Crippen molar-refractivity contribution in [2.45, 2.75) is 6.54 Å². The number of H-pyrrole nitrogens is 2. The lowest BCUT2D eigenvalue weighted by molar-refractivity contribution is 0.0952. The molecule has 5 nitrogen and oxygen atoms in total. The van der Waals surface area contributed by atoms with E-state index >= 15 is 0 Å². The predicted octanol–water partition coefficient (Wildman–Crippen LogP) is 1.82. The molecule has 5 heteroatoms. The molecule has 1 aromatic carbocycles. The third kappa shape index (κ3) is 1.86. The van der Waals surface area contributed by atoms with Gasteiger partial charge in [0.1, 0.15) is 0 Å². The highest BCUT2D eigenvalue weighted by Crippen LogP contribution is 2.16. The Morgan fingerprint density at radius 2 is 2.22 bits per heavy atom. The molecule has 0 bridgehead atoms. The van der Waals surface area contributed by atoms with Crippen molar-refractivity contribution in [3.05, 3.63) is 54.0 Å². The fourth-order valence-corrected chi connectivity index (χ4v) is 1.93. The predicted molar refractivity (Wildman–Crippen MR) is 68.1 cm³/mol.